The molecule has 0 spiro atoms. The van der Waals surface area contributed by atoms with Gasteiger partial charge in [-0.3, -0.25) is 0 Å². The highest BCUT2D eigenvalue weighted by molar-refractivity contribution is 6.19. The van der Waals surface area contributed by atoms with Crippen molar-refractivity contribution in [3.05, 3.63) is 231 Å². The second kappa shape index (κ2) is 14.7. The van der Waals surface area contributed by atoms with Gasteiger partial charge in [0.05, 0.1) is 50.5 Å². The number of hydrogen-bond acceptors (Lipinski definition) is 2. The van der Waals surface area contributed by atoms with Crippen LogP contribution in [-0.2, 0) is 0 Å². The number of para-hydroxylation sites is 2. The maximum atomic E-state index is 5.22. The summed E-state index contributed by atoms with van der Waals surface area (Å²) in [5.74, 6) is 0. The molecule has 0 amide bonds. The van der Waals surface area contributed by atoms with Crippen LogP contribution < -0.4 is 0 Å². The fraction of sp³-hybridized carbons (Fsp3) is 0. The van der Waals surface area contributed by atoms with Crippen LogP contribution >= 0.6 is 0 Å². The minimum absolute atomic E-state index is 0.937. The Morgan fingerprint density at radius 3 is 1.05 bits per heavy atom. The molecule has 0 radical (unpaired) electrons. The van der Waals surface area contributed by atoms with Crippen molar-refractivity contribution >= 4 is 43.6 Å². The van der Waals surface area contributed by atoms with Crippen LogP contribution in [0.15, 0.2) is 231 Å². The molecule has 0 N–H and O–H groups in total. The average Bonchev–Trinajstić information content (AvgIpc) is 3.86. The zero-order chi connectivity index (χ0) is 41.0. The maximum absolute atomic E-state index is 5.22. The summed E-state index contributed by atoms with van der Waals surface area (Å²) in [5.41, 5.74) is 17.2. The summed E-state index contributed by atoms with van der Waals surface area (Å²) in [4.78, 5) is 10.4. The van der Waals surface area contributed by atoms with Crippen molar-refractivity contribution in [3.8, 4) is 67.5 Å². The van der Waals surface area contributed by atoms with E-state index in [9.17, 15) is 0 Å². The molecule has 4 heterocycles. The third kappa shape index (κ3) is 6.08. The fourth-order valence-corrected chi connectivity index (χ4v) is 9.18. The third-order valence-corrected chi connectivity index (χ3v) is 12.1. The van der Waals surface area contributed by atoms with E-state index < -0.39 is 0 Å². The lowest BCUT2D eigenvalue weighted by Gasteiger charge is -2.14. The number of aromatic nitrogens is 4. The molecule has 62 heavy (non-hydrogen) atoms. The molecule has 0 unspecified atom stereocenters. The highest BCUT2D eigenvalue weighted by atomic mass is 15.0. The van der Waals surface area contributed by atoms with Gasteiger partial charge in [-0.25, -0.2) is 9.97 Å². The molecule has 12 rings (SSSR count). The van der Waals surface area contributed by atoms with Crippen LogP contribution in [-0.4, -0.2) is 19.1 Å². The lowest BCUT2D eigenvalue weighted by atomic mass is 9.99. The number of pyridine rings is 2. The van der Waals surface area contributed by atoms with E-state index >= 15 is 0 Å². The van der Waals surface area contributed by atoms with Gasteiger partial charge in [-0.05, 0) is 71.8 Å². The Morgan fingerprint density at radius 2 is 0.597 bits per heavy atom. The highest BCUT2D eigenvalue weighted by Crippen LogP contribution is 2.41. The van der Waals surface area contributed by atoms with E-state index in [0.29, 0.717) is 0 Å². The summed E-state index contributed by atoms with van der Waals surface area (Å²) in [6.45, 7) is 0. The van der Waals surface area contributed by atoms with Gasteiger partial charge >= 0.3 is 0 Å². The smallest absolute Gasteiger partial charge is 0.0730 e. The van der Waals surface area contributed by atoms with Crippen LogP contribution in [0.25, 0.3) is 111 Å². The third-order valence-electron chi connectivity index (χ3n) is 12.1. The summed E-state index contributed by atoms with van der Waals surface area (Å²) in [6, 6.07) is 82.1. The van der Waals surface area contributed by atoms with Gasteiger partial charge < -0.3 is 9.13 Å². The van der Waals surface area contributed by atoms with Crippen LogP contribution in [0.2, 0.25) is 0 Å². The first kappa shape index (κ1) is 35.6. The molecular weight excluding hydrogens is 753 g/mol. The minimum Gasteiger partial charge on any atom is -0.309 e. The van der Waals surface area contributed by atoms with Gasteiger partial charge in [0.15, 0.2) is 0 Å². The highest BCUT2D eigenvalue weighted by Gasteiger charge is 2.20. The predicted octanol–water partition coefficient (Wildman–Crippen LogP) is 15.0. The molecule has 4 nitrogen and oxygen atoms in total. The normalized spacial score (nSPS) is 11.5. The van der Waals surface area contributed by atoms with Gasteiger partial charge in [-0.2, -0.15) is 0 Å². The van der Waals surface area contributed by atoms with Crippen LogP contribution in [0.1, 0.15) is 0 Å². The summed E-state index contributed by atoms with van der Waals surface area (Å²) in [7, 11) is 0. The molecule has 290 valence electrons. The fourth-order valence-electron chi connectivity index (χ4n) is 9.18. The topological polar surface area (TPSA) is 35.6 Å². The largest absolute Gasteiger partial charge is 0.309 e. The van der Waals surface area contributed by atoms with Crippen molar-refractivity contribution in [2.24, 2.45) is 0 Å². The van der Waals surface area contributed by atoms with Gasteiger partial charge in [-0.1, -0.05) is 170 Å². The van der Waals surface area contributed by atoms with Crippen LogP contribution in [0.4, 0.5) is 0 Å². The van der Waals surface area contributed by atoms with Crippen LogP contribution in [0.3, 0.4) is 0 Å². The molecule has 12 aromatic rings. The quantitative estimate of drug-likeness (QED) is 0.161. The van der Waals surface area contributed by atoms with E-state index in [1.165, 1.54) is 21.5 Å². The molecule has 0 aliphatic carbocycles. The molecule has 0 aliphatic heterocycles. The predicted molar refractivity (Wildman–Crippen MR) is 258 cm³/mol. The molecule has 0 atom stereocenters. The van der Waals surface area contributed by atoms with Crippen molar-refractivity contribution in [1.82, 2.24) is 19.1 Å². The van der Waals surface area contributed by atoms with Gasteiger partial charge in [0.1, 0.15) is 0 Å². The first-order chi connectivity index (χ1) is 30.7. The zero-order valence-electron chi connectivity index (χ0n) is 33.7. The lowest BCUT2D eigenvalue weighted by molar-refractivity contribution is 1.16. The molecule has 4 aromatic heterocycles. The Kier molecular flexibility index (Phi) is 8.46. The van der Waals surface area contributed by atoms with Crippen LogP contribution in [0.5, 0.6) is 0 Å². The summed E-state index contributed by atoms with van der Waals surface area (Å²) < 4.78 is 4.86. The number of rotatable bonds is 7. The molecule has 0 aliphatic rings. The Labute approximate surface area is 359 Å². The van der Waals surface area contributed by atoms with Crippen molar-refractivity contribution in [3.63, 3.8) is 0 Å². The van der Waals surface area contributed by atoms with Crippen molar-refractivity contribution in [2.75, 3.05) is 0 Å². The first-order valence-corrected chi connectivity index (χ1v) is 21.1. The van der Waals surface area contributed by atoms with E-state index in [4.69, 9.17) is 9.97 Å². The van der Waals surface area contributed by atoms with E-state index in [2.05, 4.69) is 240 Å². The second-order valence-corrected chi connectivity index (χ2v) is 15.8. The first-order valence-electron chi connectivity index (χ1n) is 21.1. The molecule has 0 bridgehead atoms. The number of nitrogens with zero attached hydrogens (tertiary/aromatic N) is 4. The molecule has 4 heteroatoms. The molecule has 8 aromatic carbocycles. The Morgan fingerprint density at radius 1 is 0.226 bits per heavy atom. The number of hydrogen-bond donors (Lipinski definition) is 0. The summed E-state index contributed by atoms with van der Waals surface area (Å²) >= 11 is 0. The van der Waals surface area contributed by atoms with Gasteiger partial charge in [-0.15, -0.1) is 0 Å². The average molecular weight is 791 g/mol. The lowest BCUT2D eigenvalue weighted by Crippen LogP contribution is -1.98. The van der Waals surface area contributed by atoms with E-state index in [0.717, 1.165) is 89.6 Å². The molecular formula is C58H38N4. The molecule has 0 fully saturated rings. The standard InChI is InChI=1S/C58H38N4/c1-5-18-39(19-6-1)51-33-44(34-52(59-51)40-20-7-2-8-21-40)43-26-17-27-45(32-43)61-55-30-15-13-28-47(55)49-38-58-50(37-57(49)61)48-29-14-16-31-56(48)62(58)46-35-53(41-22-9-3-10-23-41)60-54(36-46)42-24-11-4-12-25-42/h1-38H. The summed E-state index contributed by atoms with van der Waals surface area (Å²) in [5, 5.41) is 4.80. The van der Waals surface area contributed by atoms with Crippen LogP contribution in [0, 0.1) is 0 Å². The number of fused-ring (bicyclic) bond motifs is 6. The van der Waals surface area contributed by atoms with Gasteiger partial charge in [0.25, 0.3) is 0 Å². The Bertz CT molecular complexity index is 3490. The SMILES string of the molecule is c1ccc(-c2cc(-c3cccc(-n4c5ccccc5c5cc6c(cc54)c4ccccc4n6-c4cc(-c5ccccc5)nc(-c5ccccc5)c4)c3)cc(-c3ccccc3)n2)cc1. The minimum atomic E-state index is 0.937. The summed E-state index contributed by atoms with van der Waals surface area (Å²) in [6.07, 6.45) is 0. The van der Waals surface area contributed by atoms with Gasteiger partial charge in [0, 0.05) is 49.5 Å². The van der Waals surface area contributed by atoms with Crippen molar-refractivity contribution in [1.29, 1.82) is 0 Å². The maximum Gasteiger partial charge on any atom is 0.0730 e. The Hall–Kier alpha value is -8.34. The molecule has 0 saturated heterocycles. The zero-order valence-corrected chi connectivity index (χ0v) is 33.7. The van der Waals surface area contributed by atoms with E-state index in [1.807, 2.05) is 0 Å². The van der Waals surface area contributed by atoms with Crippen molar-refractivity contribution in [2.45, 2.75) is 0 Å². The van der Waals surface area contributed by atoms with E-state index in [1.54, 1.807) is 0 Å². The van der Waals surface area contributed by atoms with E-state index in [-0.39, 0.29) is 0 Å². The second-order valence-electron chi connectivity index (χ2n) is 15.8. The van der Waals surface area contributed by atoms with Gasteiger partial charge in [0.2, 0.25) is 0 Å². The molecule has 0 saturated carbocycles. The Balaban J connectivity index is 1.08. The number of benzene rings is 8. The monoisotopic (exact) mass is 790 g/mol. The van der Waals surface area contributed by atoms with Crippen molar-refractivity contribution < 1.29 is 0 Å².